The van der Waals surface area contributed by atoms with Crippen LogP contribution in [0.4, 0.5) is 5.69 Å². The number of carboxylic acids is 1. The lowest BCUT2D eigenvalue weighted by atomic mass is 9.93. The number of carbonyl (C=O) groups is 1. The first-order valence-electron chi connectivity index (χ1n) is 6.59. The van der Waals surface area contributed by atoms with E-state index in [0.717, 1.165) is 24.2 Å². The lowest BCUT2D eigenvalue weighted by molar-refractivity contribution is 0.0697. The molecule has 98 valence electrons. The van der Waals surface area contributed by atoms with Crippen LogP contribution in [-0.4, -0.2) is 23.7 Å². The van der Waals surface area contributed by atoms with Crippen LogP contribution >= 0.6 is 0 Å². The summed E-state index contributed by atoms with van der Waals surface area (Å²) in [4.78, 5) is 13.6. The number of benzene rings is 1. The molecule has 0 radical (unpaired) electrons. The second kappa shape index (κ2) is 5.01. The Hall–Kier alpha value is -1.51. The zero-order valence-corrected chi connectivity index (χ0v) is 11.3. The van der Waals surface area contributed by atoms with E-state index in [1.165, 1.54) is 6.42 Å². The van der Waals surface area contributed by atoms with Crippen LogP contribution in [0.3, 0.4) is 0 Å². The summed E-state index contributed by atoms with van der Waals surface area (Å²) >= 11 is 0. The topological polar surface area (TPSA) is 40.5 Å². The Balaban J connectivity index is 2.41. The fourth-order valence-electron chi connectivity index (χ4n) is 2.68. The van der Waals surface area contributed by atoms with Gasteiger partial charge in [0.25, 0.3) is 0 Å². The lowest BCUT2D eigenvalue weighted by Crippen LogP contribution is -2.41. The quantitative estimate of drug-likeness (QED) is 0.871. The minimum atomic E-state index is -0.838. The van der Waals surface area contributed by atoms with Gasteiger partial charge in [0, 0.05) is 12.6 Å². The highest BCUT2D eigenvalue weighted by atomic mass is 16.4. The van der Waals surface area contributed by atoms with Crippen molar-refractivity contribution in [3.05, 3.63) is 29.3 Å². The van der Waals surface area contributed by atoms with Gasteiger partial charge in [0.1, 0.15) is 0 Å². The van der Waals surface area contributed by atoms with Crippen molar-refractivity contribution in [3.63, 3.8) is 0 Å². The average Bonchev–Trinajstić information content (AvgIpc) is 2.31. The van der Waals surface area contributed by atoms with Gasteiger partial charge >= 0.3 is 5.97 Å². The summed E-state index contributed by atoms with van der Waals surface area (Å²) in [7, 11) is 0. The zero-order valence-electron chi connectivity index (χ0n) is 11.3. The lowest BCUT2D eigenvalue weighted by Gasteiger charge is -2.39. The van der Waals surface area contributed by atoms with Crippen molar-refractivity contribution in [2.45, 2.75) is 39.7 Å². The standard InChI is InChI=1S/C15H21NO2/c1-10-5-7-13(15(17)18)14(8-10)16-9-11(2)4-6-12(16)3/h5,7-8,11-12H,4,6,9H2,1-3H3,(H,17,18). The number of aromatic carboxylic acids is 1. The van der Waals surface area contributed by atoms with Crippen LogP contribution in [0.2, 0.25) is 0 Å². The molecule has 1 heterocycles. The highest BCUT2D eigenvalue weighted by Crippen LogP contribution is 2.30. The van der Waals surface area contributed by atoms with Crippen molar-refractivity contribution in [1.82, 2.24) is 0 Å². The summed E-state index contributed by atoms with van der Waals surface area (Å²) in [5.74, 6) is -0.209. The van der Waals surface area contributed by atoms with Crippen LogP contribution < -0.4 is 4.90 Å². The maximum atomic E-state index is 11.3. The SMILES string of the molecule is Cc1ccc(C(=O)O)c(N2CC(C)CCC2C)c1. The maximum absolute atomic E-state index is 11.3. The van der Waals surface area contributed by atoms with Crippen LogP contribution in [0.25, 0.3) is 0 Å². The highest BCUT2D eigenvalue weighted by Gasteiger charge is 2.26. The fraction of sp³-hybridized carbons (Fsp3) is 0.533. The third kappa shape index (κ3) is 2.50. The molecule has 1 saturated heterocycles. The number of nitrogens with zero attached hydrogens (tertiary/aromatic N) is 1. The van der Waals surface area contributed by atoms with Crippen LogP contribution in [0.1, 0.15) is 42.6 Å². The molecule has 1 fully saturated rings. The van der Waals surface area contributed by atoms with E-state index in [0.29, 0.717) is 17.5 Å². The summed E-state index contributed by atoms with van der Waals surface area (Å²) in [6.07, 6.45) is 2.36. The van der Waals surface area contributed by atoms with Crippen LogP contribution in [0.5, 0.6) is 0 Å². The number of rotatable bonds is 2. The number of aryl methyl sites for hydroxylation is 1. The molecule has 0 aliphatic carbocycles. The van der Waals surface area contributed by atoms with Gasteiger partial charge in [0.05, 0.1) is 11.3 Å². The normalized spacial score (nSPS) is 24.1. The predicted molar refractivity (Wildman–Crippen MR) is 73.3 cm³/mol. The largest absolute Gasteiger partial charge is 0.478 e. The van der Waals surface area contributed by atoms with Gasteiger partial charge in [-0.1, -0.05) is 13.0 Å². The van der Waals surface area contributed by atoms with E-state index in [4.69, 9.17) is 0 Å². The molecular weight excluding hydrogens is 226 g/mol. The molecule has 0 spiro atoms. The monoisotopic (exact) mass is 247 g/mol. The van der Waals surface area contributed by atoms with Crippen molar-refractivity contribution >= 4 is 11.7 Å². The molecule has 1 aliphatic rings. The number of hydrogen-bond donors (Lipinski definition) is 1. The van der Waals surface area contributed by atoms with E-state index >= 15 is 0 Å². The molecule has 3 heteroatoms. The Labute approximate surface area is 108 Å². The summed E-state index contributed by atoms with van der Waals surface area (Å²) in [5.41, 5.74) is 2.41. The molecule has 2 rings (SSSR count). The first-order valence-corrected chi connectivity index (χ1v) is 6.59. The zero-order chi connectivity index (χ0) is 13.3. The second-order valence-electron chi connectivity index (χ2n) is 5.51. The molecule has 0 saturated carbocycles. The number of hydrogen-bond acceptors (Lipinski definition) is 2. The van der Waals surface area contributed by atoms with Crippen molar-refractivity contribution in [2.24, 2.45) is 5.92 Å². The highest BCUT2D eigenvalue weighted by molar-refractivity contribution is 5.94. The summed E-state index contributed by atoms with van der Waals surface area (Å²) < 4.78 is 0. The molecule has 0 aromatic heterocycles. The Morgan fingerprint density at radius 2 is 2.06 bits per heavy atom. The molecule has 3 nitrogen and oxygen atoms in total. The maximum Gasteiger partial charge on any atom is 0.337 e. The number of carboxylic acid groups (broad SMARTS) is 1. The fourth-order valence-corrected chi connectivity index (χ4v) is 2.68. The molecule has 0 bridgehead atoms. The third-order valence-corrected chi connectivity index (χ3v) is 3.81. The summed E-state index contributed by atoms with van der Waals surface area (Å²) in [5, 5.41) is 9.31. The van der Waals surface area contributed by atoms with Crippen LogP contribution in [-0.2, 0) is 0 Å². The third-order valence-electron chi connectivity index (χ3n) is 3.81. The molecule has 1 aromatic carbocycles. The van der Waals surface area contributed by atoms with E-state index in [1.54, 1.807) is 6.07 Å². The molecular formula is C15H21NO2. The van der Waals surface area contributed by atoms with Gasteiger partial charge in [-0.05, 0) is 50.3 Å². The Kier molecular flexibility index (Phi) is 3.60. The van der Waals surface area contributed by atoms with Gasteiger partial charge in [-0.15, -0.1) is 0 Å². The first kappa shape index (κ1) is 12.9. The van der Waals surface area contributed by atoms with Crippen molar-refractivity contribution < 1.29 is 9.90 Å². The summed E-state index contributed by atoms with van der Waals surface area (Å²) in [6, 6.07) is 6.00. The minimum absolute atomic E-state index is 0.418. The molecule has 2 unspecified atom stereocenters. The average molecular weight is 247 g/mol. The van der Waals surface area contributed by atoms with E-state index < -0.39 is 5.97 Å². The molecule has 1 aliphatic heterocycles. The Morgan fingerprint density at radius 1 is 1.33 bits per heavy atom. The van der Waals surface area contributed by atoms with Crippen molar-refractivity contribution in [1.29, 1.82) is 0 Å². The first-order chi connectivity index (χ1) is 8.49. The molecule has 0 amide bonds. The number of piperidine rings is 1. The Morgan fingerprint density at radius 3 is 2.72 bits per heavy atom. The van der Waals surface area contributed by atoms with Gasteiger partial charge in [0.2, 0.25) is 0 Å². The predicted octanol–water partition coefficient (Wildman–Crippen LogP) is 3.32. The minimum Gasteiger partial charge on any atom is -0.478 e. The smallest absolute Gasteiger partial charge is 0.337 e. The van der Waals surface area contributed by atoms with Gasteiger partial charge in [-0.2, -0.15) is 0 Å². The van der Waals surface area contributed by atoms with Gasteiger partial charge in [0.15, 0.2) is 0 Å². The molecule has 2 atom stereocenters. The van der Waals surface area contributed by atoms with E-state index in [1.807, 2.05) is 19.1 Å². The molecule has 1 aromatic rings. The van der Waals surface area contributed by atoms with Crippen LogP contribution in [0, 0.1) is 12.8 Å². The van der Waals surface area contributed by atoms with E-state index in [9.17, 15) is 9.90 Å². The number of anilines is 1. The van der Waals surface area contributed by atoms with Gasteiger partial charge in [-0.3, -0.25) is 0 Å². The van der Waals surface area contributed by atoms with Crippen LogP contribution in [0.15, 0.2) is 18.2 Å². The van der Waals surface area contributed by atoms with Crippen molar-refractivity contribution in [3.8, 4) is 0 Å². The van der Waals surface area contributed by atoms with Gasteiger partial charge < -0.3 is 10.0 Å². The van der Waals surface area contributed by atoms with E-state index in [2.05, 4.69) is 18.7 Å². The van der Waals surface area contributed by atoms with E-state index in [-0.39, 0.29) is 0 Å². The second-order valence-corrected chi connectivity index (χ2v) is 5.51. The van der Waals surface area contributed by atoms with Crippen molar-refractivity contribution in [2.75, 3.05) is 11.4 Å². The molecule has 18 heavy (non-hydrogen) atoms. The van der Waals surface area contributed by atoms with Gasteiger partial charge in [-0.25, -0.2) is 4.79 Å². The summed E-state index contributed by atoms with van der Waals surface area (Å²) in [6.45, 7) is 7.37. The molecule has 1 N–H and O–H groups in total. The Bertz CT molecular complexity index is 456.